The number of benzene rings is 1. The van der Waals surface area contributed by atoms with E-state index in [1.807, 2.05) is 12.3 Å². The second-order valence-corrected chi connectivity index (χ2v) is 8.17. The highest BCUT2D eigenvalue weighted by Crippen LogP contribution is 2.24. The van der Waals surface area contributed by atoms with Crippen LogP contribution in [0.4, 0.5) is 4.39 Å². The van der Waals surface area contributed by atoms with Crippen LogP contribution in [0.2, 0.25) is 0 Å². The molecule has 0 spiro atoms. The standard InChI is InChI=1S/C26H39FN2O/c1-3-5-7-9-10-11-12-14-18-30-26-17-16-22(19-24(26)27)25-21-28-23(20-29-25)15-13-8-6-4-2/h16-17,19-21H,3-15,18H2,1-2H3. The van der Waals surface area contributed by atoms with Crippen LogP contribution < -0.4 is 4.74 Å². The molecule has 0 N–H and O–H groups in total. The Morgan fingerprint density at radius 1 is 0.767 bits per heavy atom. The summed E-state index contributed by atoms with van der Waals surface area (Å²) in [6.07, 6.45) is 19.3. The lowest BCUT2D eigenvalue weighted by Crippen LogP contribution is -2.00. The van der Waals surface area contributed by atoms with Gasteiger partial charge >= 0.3 is 0 Å². The Labute approximate surface area is 182 Å². The van der Waals surface area contributed by atoms with Crippen molar-refractivity contribution in [2.45, 2.75) is 97.3 Å². The van der Waals surface area contributed by atoms with E-state index in [0.29, 0.717) is 18.1 Å². The number of nitrogens with zero attached hydrogens (tertiary/aromatic N) is 2. The van der Waals surface area contributed by atoms with E-state index in [4.69, 9.17) is 4.74 Å². The van der Waals surface area contributed by atoms with E-state index in [9.17, 15) is 4.39 Å². The molecule has 0 atom stereocenters. The van der Waals surface area contributed by atoms with E-state index >= 15 is 0 Å². The summed E-state index contributed by atoms with van der Waals surface area (Å²) in [5.74, 6) is -0.0142. The maximum atomic E-state index is 14.4. The highest BCUT2D eigenvalue weighted by Gasteiger charge is 2.08. The molecule has 3 nitrogen and oxygen atoms in total. The summed E-state index contributed by atoms with van der Waals surface area (Å²) in [5.41, 5.74) is 2.43. The lowest BCUT2D eigenvalue weighted by atomic mass is 10.1. The van der Waals surface area contributed by atoms with Crippen molar-refractivity contribution in [2.24, 2.45) is 0 Å². The van der Waals surface area contributed by atoms with Crippen molar-refractivity contribution in [1.29, 1.82) is 0 Å². The zero-order chi connectivity index (χ0) is 21.4. The van der Waals surface area contributed by atoms with Gasteiger partial charge in [-0.2, -0.15) is 0 Å². The van der Waals surface area contributed by atoms with Crippen molar-refractivity contribution in [3.05, 3.63) is 42.1 Å². The van der Waals surface area contributed by atoms with Crippen LogP contribution in [0.5, 0.6) is 5.75 Å². The maximum absolute atomic E-state index is 14.4. The molecule has 30 heavy (non-hydrogen) atoms. The Bertz CT molecular complexity index is 703. The van der Waals surface area contributed by atoms with Gasteiger partial charge in [0, 0.05) is 11.8 Å². The zero-order valence-corrected chi connectivity index (χ0v) is 19.0. The molecular weight excluding hydrogens is 375 g/mol. The van der Waals surface area contributed by atoms with Crippen molar-refractivity contribution in [2.75, 3.05) is 6.61 Å². The summed E-state index contributed by atoms with van der Waals surface area (Å²) in [6, 6.07) is 5.06. The fourth-order valence-electron chi connectivity index (χ4n) is 3.56. The molecule has 166 valence electrons. The quantitative estimate of drug-likeness (QED) is 0.262. The predicted molar refractivity (Wildman–Crippen MR) is 123 cm³/mol. The van der Waals surface area contributed by atoms with Crippen LogP contribution in [0.1, 0.15) is 96.6 Å². The van der Waals surface area contributed by atoms with E-state index in [0.717, 1.165) is 36.9 Å². The van der Waals surface area contributed by atoms with Gasteiger partial charge in [0.25, 0.3) is 0 Å². The van der Waals surface area contributed by atoms with E-state index in [1.165, 1.54) is 63.9 Å². The second kappa shape index (κ2) is 14.9. The van der Waals surface area contributed by atoms with Crippen LogP contribution in [0.15, 0.2) is 30.6 Å². The predicted octanol–water partition coefficient (Wildman–Crippen LogP) is 7.93. The van der Waals surface area contributed by atoms with Crippen LogP contribution in [0, 0.1) is 5.82 Å². The molecule has 0 aliphatic carbocycles. The van der Waals surface area contributed by atoms with Gasteiger partial charge < -0.3 is 4.74 Å². The van der Waals surface area contributed by atoms with Gasteiger partial charge in [-0.1, -0.05) is 78.1 Å². The number of ether oxygens (including phenoxy) is 1. The molecule has 2 rings (SSSR count). The third kappa shape index (κ3) is 9.23. The number of halogens is 1. The zero-order valence-electron chi connectivity index (χ0n) is 19.0. The van der Waals surface area contributed by atoms with Gasteiger partial charge in [-0.3, -0.25) is 9.97 Å². The van der Waals surface area contributed by atoms with Gasteiger partial charge in [-0.15, -0.1) is 0 Å². The van der Waals surface area contributed by atoms with Crippen molar-refractivity contribution in [1.82, 2.24) is 9.97 Å². The summed E-state index contributed by atoms with van der Waals surface area (Å²) in [6.45, 7) is 5.01. The first-order valence-corrected chi connectivity index (χ1v) is 12.0. The Hall–Kier alpha value is -1.97. The van der Waals surface area contributed by atoms with Gasteiger partial charge in [-0.05, 0) is 37.5 Å². The summed E-state index contributed by atoms with van der Waals surface area (Å²) >= 11 is 0. The van der Waals surface area contributed by atoms with Crippen molar-refractivity contribution in [3.8, 4) is 17.0 Å². The highest BCUT2D eigenvalue weighted by molar-refractivity contribution is 5.59. The van der Waals surface area contributed by atoms with Crippen molar-refractivity contribution >= 4 is 0 Å². The topological polar surface area (TPSA) is 35.0 Å². The summed E-state index contributed by atoms with van der Waals surface area (Å²) in [4.78, 5) is 8.96. The first-order valence-electron chi connectivity index (χ1n) is 12.0. The van der Waals surface area contributed by atoms with Crippen LogP contribution in [0.25, 0.3) is 11.3 Å². The third-order valence-electron chi connectivity index (χ3n) is 5.47. The first kappa shape index (κ1) is 24.3. The molecule has 4 heteroatoms. The Kier molecular flexibility index (Phi) is 12.1. The summed E-state index contributed by atoms with van der Waals surface area (Å²) in [7, 11) is 0. The smallest absolute Gasteiger partial charge is 0.165 e. The number of aromatic nitrogens is 2. The minimum Gasteiger partial charge on any atom is -0.491 e. The molecule has 0 aliphatic rings. The molecule has 0 saturated heterocycles. The van der Waals surface area contributed by atoms with E-state index in [1.54, 1.807) is 12.3 Å². The van der Waals surface area contributed by atoms with Crippen LogP contribution in [0.3, 0.4) is 0 Å². The molecular formula is C26H39FN2O. The highest BCUT2D eigenvalue weighted by atomic mass is 19.1. The maximum Gasteiger partial charge on any atom is 0.165 e. The van der Waals surface area contributed by atoms with Crippen molar-refractivity contribution in [3.63, 3.8) is 0 Å². The lowest BCUT2D eigenvalue weighted by Gasteiger charge is -2.09. The van der Waals surface area contributed by atoms with Crippen LogP contribution in [-0.2, 0) is 6.42 Å². The van der Waals surface area contributed by atoms with E-state index in [2.05, 4.69) is 23.8 Å². The summed E-state index contributed by atoms with van der Waals surface area (Å²) in [5, 5.41) is 0. The molecule has 0 saturated carbocycles. The second-order valence-electron chi connectivity index (χ2n) is 8.17. The normalized spacial score (nSPS) is 11.0. The molecule has 0 radical (unpaired) electrons. The summed E-state index contributed by atoms with van der Waals surface area (Å²) < 4.78 is 20.1. The lowest BCUT2D eigenvalue weighted by molar-refractivity contribution is 0.290. The molecule has 1 heterocycles. The molecule has 0 fully saturated rings. The van der Waals surface area contributed by atoms with Crippen LogP contribution in [-0.4, -0.2) is 16.6 Å². The molecule has 2 aromatic rings. The molecule has 0 bridgehead atoms. The monoisotopic (exact) mass is 414 g/mol. The molecule has 1 aromatic carbocycles. The van der Waals surface area contributed by atoms with E-state index < -0.39 is 0 Å². The number of unbranched alkanes of at least 4 members (excludes halogenated alkanes) is 10. The molecule has 0 aliphatic heterocycles. The first-order chi connectivity index (χ1) is 14.7. The number of hydrogen-bond acceptors (Lipinski definition) is 3. The Morgan fingerprint density at radius 2 is 1.43 bits per heavy atom. The van der Waals surface area contributed by atoms with Gasteiger partial charge in [0.1, 0.15) is 0 Å². The minimum atomic E-state index is -0.336. The van der Waals surface area contributed by atoms with E-state index in [-0.39, 0.29) is 5.82 Å². The molecule has 0 amide bonds. The van der Waals surface area contributed by atoms with Crippen LogP contribution >= 0.6 is 0 Å². The SMILES string of the molecule is CCCCCCCCCCOc1ccc(-c2cnc(CCCCCC)cn2)cc1F. The number of hydrogen-bond donors (Lipinski definition) is 0. The van der Waals surface area contributed by atoms with Crippen molar-refractivity contribution < 1.29 is 9.13 Å². The fourth-order valence-corrected chi connectivity index (χ4v) is 3.56. The Morgan fingerprint density at radius 3 is 2.07 bits per heavy atom. The molecule has 0 unspecified atom stereocenters. The average Bonchev–Trinajstić information content (AvgIpc) is 2.77. The van der Waals surface area contributed by atoms with Gasteiger partial charge in [0.2, 0.25) is 0 Å². The van der Waals surface area contributed by atoms with Gasteiger partial charge in [-0.25, -0.2) is 4.39 Å². The average molecular weight is 415 g/mol. The minimum absolute atomic E-state index is 0.321. The van der Waals surface area contributed by atoms with Gasteiger partial charge in [0.05, 0.1) is 24.2 Å². The largest absolute Gasteiger partial charge is 0.491 e. The Balaban J connectivity index is 1.72. The third-order valence-corrected chi connectivity index (χ3v) is 5.47. The van der Waals surface area contributed by atoms with Gasteiger partial charge in [0.15, 0.2) is 11.6 Å². The number of aryl methyl sites for hydroxylation is 1. The number of rotatable bonds is 16. The molecule has 1 aromatic heterocycles. The fraction of sp³-hybridized carbons (Fsp3) is 0.615.